The van der Waals surface area contributed by atoms with Gasteiger partial charge in [0.2, 0.25) is 0 Å². The van der Waals surface area contributed by atoms with Crippen LogP contribution in [0.1, 0.15) is 45.0 Å². The molecule has 5 heterocycles. The number of hydrogen-bond acceptors (Lipinski definition) is 6. The van der Waals surface area contributed by atoms with Crippen molar-refractivity contribution >= 4 is 46.4 Å². The highest BCUT2D eigenvalue weighted by molar-refractivity contribution is 6.04. The van der Waals surface area contributed by atoms with Crippen molar-refractivity contribution in [1.82, 2.24) is 19.9 Å². The largest absolute Gasteiger partial charge is 0.352 e. The van der Waals surface area contributed by atoms with Gasteiger partial charge in [-0.25, -0.2) is 9.97 Å². The zero-order chi connectivity index (χ0) is 38.2. The van der Waals surface area contributed by atoms with Gasteiger partial charge in [0.15, 0.2) is 0 Å². The van der Waals surface area contributed by atoms with Crippen LogP contribution in [0.4, 0.5) is 0 Å². The fourth-order valence-electron chi connectivity index (χ4n) is 7.58. The van der Waals surface area contributed by atoms with Gasteiger partial charge in [0.1, 0.15) is 24.3 Å². The van der Waals surface area contributed by atoms with Crippen molar-refractivity contribution in [2.75, 3.05) is 0 Å². The minimum absolute atomic E-state index is 0.179. The number of benzene rings is 4. The molecule has 0 fully saturated rings. The summed E-state index contributed by atoms with van der Waals surface area (Å²) in [5.41, 5.74) is 10.2. The molecule has 0 atom stereocenters. The van der Waals surface area contributed by atoms with Crippen LogP contribution in [0.15, 0.2) is 121 Å². The molecule has 2 N–H and O–H groups in total. The minimum Gasteiger partial charge on any atom is -0.352 e. The standard InChI is InChI=1S/C48H26N8/c49-25-33-34(26-50)46-43(31-17-9-3-10-18-31)39-23-24-40(54-39)44(32-19-11-4-12-20-32)48-36(28-52)35(27-51)47(56-48)42(30-15-7-2-8-16-30)38-22-21-37(53-38)41(45(33)55-46)29-13-5-1-6-14-29/h1-24,55-56H. The van der Waals surface area contributed by atoms with Gasteiger partial charge in [-0.15, -0.1) is 0 Å². The molecule has 7 aromatic rings. The number of nitriles is 4. The molecular weight excluding hydrogens is 689 g/mol. The molecule has 0 saturated carbocycles. The van der Waals surface area contributed by atoms with Gasteiger partial charge in [-0.05, 0) is 46.6 Å². The van der Waals surface area contributed by atoms with Crippen LogP contribution in [0.2, 0.25) is 0 Å². The highest BCUT2D eigenvalue weighted by Crippen LogP contribution is 2.42. The molecule has 8 nitrogen and oxygen atoms in total. The lowest BCUT2D eigenvalue weighted by atomic mass is 9.99. The Morgan fingerprint density at radius 3 is 0.732 bits per heavy atom. The minimum atomic E-state index is 0.179. The summed E-state index contributed by atoms with van der Waals surface area (Å²) in [6, 6.07) is 47.8. The second kappa shape index (κ2) is 13.8. The van der Waals surface area contributed by atoms with Gasteiger partial charge in [-0.2, -0.15) is 21.0 Å². The third kappa shape index (κ3) is 5.36. The van der Waals surface area contributed by atoms with Crippen LogP contribution in [0.3, 0.4) is 0 Å². The van der Waals surface area contributed by atoms with Crippen LogP contribution in [0.5, 0.6) is 0 Å². The Kier molecular flexibility index (Phi) is 8.19. The van der Waals surface area contributed by atoms with Gasteiger partial charge in [0.05, 0.1) is 67.1 Å². The third-order valence-corrected chi connectivity index (χ3v) is 10.0. The van der Waals surface area contributed by atoms with Gasteiger partial charge in [-0.1, -0.05) is 121 Å². The number of rotatable bonds is 4. The summed E-state index contributed by atoms with van der Waals surface area (Å²) in [5, 5.41) is 43.3. The molecule has 4 aromatic carbocycles. The average molecular weight is 715 g/mol. The summed E-state index contributed by atoms with van der Waals surface area (Å²) in [4.78, 5) is 17.5. The van der Waals surface area contributed by atoms with E-state index in [9.17, 15) is 21.0 Å². The summed E-state index contributed by atoms with van der Waals surface area (Å²) in [6.07, 6.45) is 7.51. The first-order valence-electron chi connectivity index (χ1n) is 17.8. The van der Waals surface area contributed by atoms with E-state index in [1.54, 1.807) is 0 Å². The van der Waals surface area contributed by atoms with E-state index < -0.39 is 0 Å². The maximum absolute atomic E-state index is 10.8. The molecule has 0 radical (unpaired) electrons. The Hall–Kier alpha value is -8.56. The first-order valence-corrected chi connectivity index (χ1v) is 17.8. The van der Waals surface area contributed by atoms with Gasteiger partial charge < -0.3 is 9.97 Å². The lowest BCUT2D eigenvalue weighted by Crippen LogP contribution is -1.90. The van der Waals surface area contributed by atoms with Crippen LogP contribution in [-0.4, -0.2) is 19.9 Å². The van der Waals surface area contributed by atoms with E-state index in [0.29, 0.717) is 67.1 Å². The van der Waals surface area contributed by atoms with Gasteiger partial charge in [0, 0.05) is 22.3 Å². The summed E-state index contributed by atoms with van der Waals surface area (Å²) < 4.78 is 0. The number of nitrogens with one attached hydrogen (secondary N) is 2. The highest BCUT2D eigenvalue weighted by Gasteiger charge is 2.26. The van der Waals surface area contributed by atoms with E-state index in [1.165, 1.54) is 0 Å². The molecule has 0 saturated heterocycles. The van der Waals surface area contributed by atoms with Crippen LogP contribution < -0.4 is 0 Å². The fraction of sp³-hybridized carbons (Fsp3) is 0. The average Bonchev–Trinajstić information content (AvgIpc) is 4.06. The summed E-state index contributed by atoms with van der Waals surface area (Å²) in [7, 11) is 0. The number of H-pyrrole nitrogens is 2. The van der Waals surface area contributed by atoms with Crippen LogP contribution in [0, 0.1) is 45.3 Å². The summed E-state index contributed by atoms with van der Waals surface area (Å²) in [6.45, 7) is 0. The van der Waals surface area contributed by atoms with Crippen LogP contribution >= 0.6 is 0 Å². The molecule has 8 heteroatoms. The van der Waals surface area contributed by atoms with Gasteiger partial charge in [-0.3, -0.25) is 0 Å². The normalized spacial score (nSPS) is 11.4. The van der Waals surface area contributed by atoms with Crippen LogP contribution in [-0.2, 0) is 0 Å². The lowest BCUT2D eigenvalue weighted by molar-refractivity contribution is 1.31. The molecule has 2 aliphatic heterocycles. The molecule has 8 bridgehead atoms. The maximum atomic E-state index is 10.8. The van der Waals surface area contributed by atoms with E-state index in [1.807, 2.05) is 146 Å². The molecule has 2 aliphatic rings. The Morgan fingerprint density at radius 2 is 0.536 bits per heavy atom. The third-order valence-electron chi connectivity index (χ3n) is 10.0. The Morgan fingerprint density at radius 1 is 0.321 bits per heavy atom. The van der Waals surface area contributed by atoms with E-state index in [-0.39, 0.29) is 22.3 Å². The molecule has 258 valence electrons. The van der Waals surface area contributed by atoms with Crippen molar-refractivity contribution in [1.29, 1.82) is 21.0 Å². The zero-order valence-electron chi connectivity index (χ0n) is 29.5. The Bertz CT molecular complexity index is 2720. The SMILES string of the molecule is N#Cc1c(C#N)c2[nH]c1c(-c1ccccc1)c1nc(c(-c3ccccc3)c3[nH]c(c(C#N)c3C#N)c(-c3ccccc3)c3nc(c2-c2ccccc2)C=C3)C=C1. The molecule has 9 rings (SSSR count). The molecule has 0 aliphatic carbocycles. The predicted octanol–water partition coefficient (Wildman–Crippen LogP) is 10.8. The lowest BCUT2D eigenvalue weighted by Gasteiger charge is -2.07. The Balaban J connectivity index is 1.62. The van der Waals surface area contributed by atoms with Crippen molar-refractivity contribution < 1.29 is 0 Å². The highest BCUT2D eigenvalue weighted by atomic mass is 14.8. The molecular formula is C48H26N8. The Labute approximate surface area is 321 Å². The van der Waals surface area contributed by atoms with E-state index in [4.69, 9.17) is 9.97 Å². The number of aromatic amines is 2. The number of hydrogen-bond donors (Lipinski definition) is 2. The van der Waals surface area contributed by atoms with E-state index >= 15 is 0 Å². The molecule has 0 unspecified atom stereocenters. The van der Waals surface area contributed by atoms with E-state index in [2.05, 4.69) is 34.2 Å². The maximum Gasteiger partial charge on any atom is 0.103 e. The molecule has 0 amide bonds. The van der Waals surface area contributed by atoms with Crippen LogP contribution in [0.25, 0.3) is 90.9 Å². The van der Waals surface area contributed by atoms with Crippen molar-refractivity contribution in [2.45, 2.75) is 0 Å². The number of nitrogens with zero attached hydrogens (tertiary/aromatic N) is 6. The summed E-state index contributed by atoms with van der Waals surface area (Å²) in [5.74, 6) is 0. The van der Waals surface area contributed by atoms with Crippen molar-refractivity contribution in [3.05, 3.63) is 166 Å². The molecule has 56 heavy (non-hydrogen) atoms. The van der Waals surface area contributed by atoms with Crippen molar-refractivity contribution in [3.8, 4) is 68.8 Å². The quantitative estimate of drug-likeness (QED) is 0.185. The topological polar surface area (TPSA) is 153 Å². The predicted molar refractivity (Wildman–Crippen MR) is 219 cm³/mol. The zero-order valence-corrected chi connectivity index (χ0v) is 29.5. The number of aromatic nitrogens is 4. The first-order chi connectivity index (χ1) is 27.6. The van der Waals surface area contributed by atoms with Gasteiger partial charge in [0.25, 0.3) is 0 Å². The first kappa shape index (κ1) is 33.3. The number of fused-ring (bicyclic) bond motifs is 8. The second-order valence-electron chi connectivity index (χ2n) is 13.1. The fourth-order valence-corrected chi connectivity index (χ4v) is 7.58. The smallest absolute Gasteiger partial charge is 0.103 e. The van der Waals surface area contributed by atoms with E-state index in [0.717, 1.165) is 22.3 Å². The summed E-state index contributed by atoms with van der Waals surface area (Å²) >= 11 is 0. The monoisotopic (exact) mass is 714 g/mol. The molecule has 3 aromatic heterocycles. The van der Waals surface area contributed by atoms with Gasteiger partial charge >= 0.3 is 0 Å². The molecule has 0 spiro atoms. The van der Waals surface area contributed by atoms with Crippen molar-refractivity contribution in [3.63, 3.8) is 0 Å². The van der Waals surface area contributed by atoms with Crippen molar-refractivity contribution in [2.24, 2.45) is 0 Å². The second-order valence-corrected chi connectivity index (χ2v) is 13.1.